The second kappa shape index (κ2) is 4.73. The van der Waals surface area contributed by atoms with Crippen molar-refractivity contribution >= 4 is 0 Å². The molecule has 0 saturated carbocycles. The second-order valence-corrected chi connectivity index (χ2v) is 2.10. The summed E-state index contributed by atoms with van der Waals surface area (Å²) in [5.41, 5.74) is 0. The summed E-state index contributed by atoms with van der Waals surface area (Å²) in [5.74, 6) is 0. The summed E-state index contributed by atoms with van der Waals surface area (Å²) in [6.07, 6.45) is 0.534. The van der Waals surface area contributed by atoms with Gasteiger partial charge in [-0.1, -0.05) is 13.3 Å². The molecule has 0 radical (unpaired) electrons. The molecule has 0 fully saturated rings. The lowest BCUT2D eigenvalue weighted by Crippen LogP contribution is -2.37. The molecule has 1 unspecified atom stereocenters. The van der Waals surface area contributed by atoms with Gasteiger partial charge in [-0.2, -0.15) is 0 Å². The van der Waals surface area contributed by atoms with Crippen molar-refractivity contribution in [1.82, 2.24) is 5.32 Å². The molecule has 56 valence electrons. The van der Waals surface area contributed by atoms with E-state index in [9.17, 15) is 0 Å². The highest BCUT2D eigenvalue weighted by Gasteiger charge is 2.11. The molecular weight excluding hydrogens is 118 g/mol. The lowest BCUT2D eigenvalue weighted by atomic mass is 10.1. The third kappa shape index (κ3) is 3.46. The van der Waals surface area contributed by atoms with Gasteiger partial charge in [0.2, 0.25) is 0 Å². The predicted octanol–water partition coefficient (Wildman–Crippen LogP) is -0.315. The Labute approximate surface area is 55.7 Å². The zero-order valence-electron chi connectivity index (χ0n) is 5.96. The van der Waals surface area contributed by atoms with Gasteiger partial charge in [-0.05, 0) is 13.5 Å². The molecule has 3 N–H and O–H groups in total. The van der Waals surface area contributed by atoms with E-state index in [0.29, 0.717) is 0 Å². The molecule has 0 aliphatic heterocycles. The SMILES string of the molecule is CCCC(NC)C(O)O. The first-order chi connectivity index (χ1) is 4.22. The normalized spacial score (nSPS) is 14.3. The van der Waals surface area contributed by atoms with Gasteiger partial charge < -0.3 is 15.5 Å². The van der Waals surface area contributed by atoms with Crippen LogP contribution in [0.2, 0.25) is 0 Å². The van der Waals surface area contributed by atoms with Crippen LogP contribution in [0.15, 0.2) is 0 Å². The second-order valence-electron chi connectivity index (χ2n) is 2.10. The maximum Gasteiger partial charge on any atom is 0.167 e. The Morgan fingerprint density at radius 2 is 2.00 bits per heavy atom. The van der Waals surface area contributed by atoms with Crippen LogP contribution in [0.3, 0.4) is 0 Å². The van der Waals surface area contributed by atoms with Gasteiger partial charge in [-0.25, -0.2) is 0 Å². The van der Waals surface area contributed by atoms with Gasteiger partial charge in [0, 0.05) is 0 Å². The summed E-state index contributed by atoms with van der Waals surface area (Å²) in [4.78, 5) is 0. The Morgan fingerprint density at radius 3 is 2.11 bits per heavy atom. The van der Waals surface area contributed by atoms with E-state index in [2.05, 4.69) is 5.32 Å². The minimum Gasteiger partial charge on any atom is -0.367 e. The Bertz CT molecular complexity index is 66.1. The van der Waals surface area contributed by atoms with E-state index in [1.165, 1.54) is 0 Å². The topological polar surface area (TPSA) is 52.5 Å². The van der Waals surface area contributed by atoms with Gasteiger partial charge in [-0.3, -0.25) is 0 Å². The summed E-state index contributed by atoms with van der Waals surface area (Å²) >= 11 is 0. The van der Waals surface area contributed by atoms with Crippen LogP contribution in [0.25, 0.3) is 0 Å². The Balaban J connectivity index is 3.41. The van der Waals surface area contributed by atoms with Crippen molar-refractivity contribution in [2.75, 3.05) is 7.05 Å². The van der Waals surface area contributed by atoms with Crippen LogP contribution in [0.1, 0.15) is 19.8 Å². The number of rotatable bonds is 4. The zero-order valence-corrected chi connectivity index (χ0v) is 5.96. The quantitative estimate of drug-likeness (QED) is 0.461. The molecule has 0 aromatic rings. The average molecular weight is 133 g/mol. The third-order valence-corrected chi connectivity index (χ3v) is 1.33. The molecule has 0 heterocycles. The molecule has 0 saturated heterocycles. The number of nitrogens with one attached hydrogen (secondary N) is 1. The van der Waals surface area contributed by atoms with Crippen LogP contribution >= 0.6 is 0 Å². The van der Waals surface area contributed by atoms with Crippen molar-refractivity contribution in [3.8, 4) is 0 Å². The molecule has 0 bridgehead atoms. The van der Waals surface area contributed by atoms with E-state index >= 15 is 0 Å². The molecule has 3 nitrogen and oxygen atoms in total. The van der Waals surface area contributed by atoms with Crippen LogP contribution < -0.4 is 5.32 Å². The summed E-state index contributed by atoms with van der Waals surface area (Å²) in [5, 5.41) is 20.1. The maximum atomic E-state index is 8.64. The van der Waals surface area contributed by atoms with Crippen molar-refractivity contribution in [2.24, 2.45) is 0 Å². The summed E-state index contributed by atoms with van der Waals surface area (Å²) in [6, 6.07) is -0.171. The molecule has 3 heteroatoms. The Kier molecular flexibility index (Phi) is 4.67. The molecule has 0 spiro atoms. The van der Waals surface area contributed by atoms with Crippen molar-refractivity contribution < 1.29 is 10.2 Å². The van der Waals surface area contributed by atoms with Crippen LogP contribution in [0, 0.1) is 0 Å². The summed E-state index contributed by atoms with van der Waals surface area (Å²) < 4.78 is 0. The Morgan fingerprint density at radius 1 is 1.44 bits per heavy atom. The van der Waals surface area contributed by atoms with Gasteiger partial charge in [-0.15, -0.1) is 0 Å². The van der Waals surface area contributed by atoms with Crippen molar-refractivity contribution in [1.29, 1.82) is 0 Å². The minimum atomic E-state index is -1.23. The van der Waals surface area contributed by atoms with Crippen LogP contribution in [-0.2, 0) is 0 Å². The van der Waals surface area contributed by atoms with Gasteiger partial charge >= 0.3 is 0 Å². The van der Waals surface area contributed by atoms with Crippen LogP contribution in [0.4, 0.5) is 0 Å². The fourth-order valence-corrected chi connectivity index (χ4v) is 0.753. The standard InChI is InChI=1S/C6H15NO2/c1-3-4-5(7-2)6(8)9/h5-9H,3-4H2,1-2H3. The average Bonchev–Trinajstić information content (AvgIpc) is 1.82. The van der Waals surface area contributed by atoms with E-state index in [4.69, 9.17) is 10.2 Å². The van der Waals surface area contributed by atoms with Gasteiger partial charge in [0.1, 0.15) is 0 Å². The fourth-order valence-electron chi connectivity index (χ4n) is 0.753. The maximum absolute atomic E-state index is 8.64. The lowest BCUT2D eigenvalue weighted by molar-refractivity contribution is -0.0671. The van der Waals surface area contributed by atoms with Gasteiger partial charge in [0.25, 0.3) is 0 Å². The first-order valence-electron chi connectivity index (χ1n) is 3.25. The monoisotopic (exact) mass is 133 g/mol. The number of aliphatic hydroxyl groups is 2. The van der Waals surface area contributed by atoms with E-state index < -0.39 is 6.29 Å². The summed E-state index contributed by atoms with van der Waals surface area (Å²) in [7, 11) is 1.72. The van der Waals surface area contributed by atoms with Gasteiger partial charge in [0.15, 0.2) is 6.29 Å². The van der Waals surface area contributed by atoms with Crippen LogP contribution in [-0.4, -0.2) is 29.6 Å². The van der Waals surface area contributed by atoms with Crippen LogP contribution in [0.5, 0.6) is 0 Å². The highest BCUT2D eigenvalue weighted by molar-refractivity contribution is 4.64. The van der Waals surface area contributed by atoms with E-state index in [0.717, 1.165) is 12.8 Å². The number of hydrogen-bond donors (Lipinski definition) is 3. The smallest absolute Gasteiger partial charge is 0.167 e. The third-order valence-electron chi connectivity index (χ3n) is 1.33. The van der Waals surface area contributed by atoms with Crippen molar-refractivity contribution in [3.05, 3.63) is 0 Å². The van der Waals surface area contributed by atoms with E-state index in [1.807, 2.05) is 6.92 Å². The molecule has 0 aromatic heterocycles. The predicted molar refractivity (Wildman–Crippen MR) is 36.0 cm³/mol. The minimum absolute atomic E-state index is 0.171. The lowest BCUT2D eigenvalue weighted by Gasteiger charge is -2.16. The number of likely N-dealkylation sites (N-methyl/N-ethyl adjacent to an activating group) is 1. The largest absolute Gasteiger partial charge is 0.367 e. The van der Waals surface area contributed by atoms with E-state index in [-0.39, 0.29) is 6.04 Å². The van der Waals surface area contributed by atoms with Gasteiger partial charge in [0.05, 0.1) is 6.04 Å². The molecular formula is C6H15NO2. The molecule has 0 aromatic carbocycles. The highest BCUT2D eigenvalue weighted by atomic mass is 16.5. The fraction of sp³-hybridized carbons (Fsp3) is 1.00. The van der Waals surface area contributed by atoms with Crippen molar-refractivity contribution in [3.63, 3.8) is 0 Å². The molecule has 0 amide bonds. The number of aliphatic hydroxyl groups excluding tert-OH is 1. The molecule has 9 heavy (non-hydrogen) atoms. The first kappa shape index (κ1) is 8.88. The Hall–Kier alpha value is -0.120. The molecule has 0 aliphatic carbocycles. The molecule has 0 aliphatic rings. The van der Waals surface area contributed by atoms with Crippen molar-refractivity contribution in [2.45, 2.75) is 32.1 Å². The molecule has 1 atom stereocenters. The molecule has 0 rings (SSSR count). The number of hydrogen-bond acceptors (Lipinski definition) is 3. The van der Waals surface area contributed by atoms with E-state index in [1.54, 1.807) is 7.05 Å². The first-order valence-corrected chi connectivity index (χ1v) is 3.25. The zero-order chi connectivity index (χ0) is 7.28. The highest BCUT2D eigenvalue weighted by Crippen LogP contribution is 1.98. The summed E-state index contributed by atoms with van der Waals surface area (Å²) in [6.45, 7) is 2.01.